The third kappa shape index (κ3) is 3.75. The number of thiophene rings is 1. The number of carbonyl (C=O) groups excluding carboxylic acids is 1. The number of aromatic amines is 1. The van der Waals surface area contributed by atoms with Crippen molar-refractivity contribution in [3.05, 3.63) is 26.6 Å². The molecule has 1 saturated heterocycles. The molecule has 0 radical (unpaired) electrons. The van der Waals surface area contributed by atoms with Crippen LogP contribution in [0.4, 0.5) is 0 Å². The van der Waals surface area contributed by atoms with Gasteiger partial charge in [-0.25, -0.2) is 4.98 Å². The second-order valence-corrected chi connectivity index (χ2v) is 10.4. The van der Waals surface area contributed by atoms with Crippen LogP contribution in [0.3, 0.4) is 0 Å². The Labute approximate surface area is 162 Å². The maximum absolute atomic E-state index is 12.5. The van der Waals surface area contributed by atoms with Gasteiger partial charge in [0.05, 0.1) is 16.9 Å². The van der Waals surface area contributed by atoms with Gasteiger partial charge in [0.2, 0.25) is 5.91 Å². The van der Waals surface area contributed by atoms with E-state index < -0.39 is 10.8 Å². The molecule has 0 bridgehead atoms. The highest BCUT2D eigenvalue weighted by Gasteiger charge is 2.21. The van der Waals surface area contributed by atoms with E-state index >= 15 is 0 Å². The number of thioether (sulfide) groups is 1. The summed E-state index contributed by atoms with van der Waals surface area (Å²) in [7, 11) is -0.776. The normalized spacial score (nSPS) is 18.2. The van der Waals surface area contributed by atoms with Crippen molar-refractivity contribution in [1.82, 2.24) is 14.9 Å². The molecule has 6 nitrogen and oxygen atoms in total. The highest BCUT2D eigenvalue weighted by atomic mass is 32.2. The molecule has 9 heteroatoms. The van der Waals surface area contributed by atoms with E-state index in [1.54, 1.807) is 16.2 Å². The van der Waals surface area contributed by atoms with Crippen LogP contribution < -0.4 is 5.56 Å². The van der Waals surface area contributed by atoms with Gasteiger partial charge in [-0.1, -0.05) is 0 Å². The lowest BCUT2D eigenvalue weighted by Gasteiger charge is -2.26. The predicted octanol–water partition coefficient (Wildman–Crippen LogP) is 1.69. The number of aryl methyl sites for hydroxylation is 2. The Hall–Kier alpha value is -1.19. The molecular weight excluding hydrogens is 390 g/mol. The molecule has 2 aromatic heterocycles. The number of nitrogens with zero attached hydrogens (tertiary/aromatic N) is 2. The lowest BCUT2D eigenvalue weighted by Crippen LogP contribution is -2.42. The zero-order valence-electron chi connectivity index (χ0n) is 14.4. The summed E-state index contributed by atoms with van der Waals surface area (Å²) in [6.07, 6.45) is 4.35. The lowest BCUT2D eigenvalue weighted by atomic mass is 9.97. The second-order valence-electron chi connectivity index (χ2n) is 6.63. The highest BCUT2D eigenvalue weighted by Crippen LogP contribution is 2.33. The van der Waals surface area contributed by atoms with Crippen molar-refractivity contribution in [2.24, 2.45) is 0 Å². The number of fused-ring (bicyclic) bond motifs is 3. The Morgan fingerprint density at radius 2 is 2.04 bits per heavy atom. The highest BCUT2D eigenvalue weighted by molar-refractivity contribution is 7.99. The van der Waals surface area contributed by atoms with Gasteiger partial charge in [-0.2, -0.15) is 0 Å². The summed E-state index contributed by atoms with van der Waals surface area (Å²) in [6.45, 7) is 1.15. The molecule has 0 spiro atoms. The monoisotopic (exact) mass is 411 g/mol. The molecule has 0 saturated carbocycles. The molecule has 0 unspecified atom stereocenters. The Morgan fingerprint density at radius 3 is 2.85 bits per heavy atom. The molecule has 1 aliphatic carbocycles. The van der Waals surface area contributed by atoms with Crippen LogP contribution >= 0.6 is 23.1 Å². The van der Waals surface area contributed by atoms with Gasteiger partial charge < -0.3 is 9.88 Å². The van der Waals surface area contributed by atoms with Crippen LogP contribution in [0.15, 0.2) is 4.79 Å². The zero-order chi connectivity index (χ0) is 18.1. The first kappa shape index (κ1) is 18.2. The molecule has 26 heavy (non-hydrogen) atoms. The van der Waals surface area contributed by atoms with Gasteiger partial charge in [-0.05, 0) is 31.2 Å². The first-order valence-electron chi connectivity index (χ1n) is 8.86. The second kappa shape index (κ2) is 7.82. The average Bonchev–Trinajstić information content (AvgIpc) is 3.01. The fourth-order valence-corrected chi connectivity index (χ4v) is 6.61. The molecule has 0 aromatic carbocycles. The van der Waals surface area contributed by atoms with Crippen molar-refractivity contribution in [1.29, 1.82) is 0 Å². The Morgan fingerprint density at radius 1 is 1.27 bits per heavy atom. The number of rotatable bonds is 4. The van der Waals surface area contributed by atoms with Gasteiger partial charge in [0.1, 0.15) is 10.7 Å². The van der Waals surface area contributed by atoms with E-state index in [4.69, 9.17) is 0 Å². The van der Waals surface area contributed by atoms with Gasteiger partial charge in [0.25, 0.3) is 5.56 Å². The third-order valence-corrected chi connectivity index (χ3v) is 8.26. The Balaban J connectivity index is 1.41. The van der Waals surface area contributed by atoms with E-state index in [0.717, 1.165) is 29.5 Å². The summed E-state index contributed by atoms with van der Waals surface area (Å²) in [4.78, 5) is 36.2. The molecule has 2 aromatic rings. The molecular formula is C17H21N3O3S3. The molecule has 1 amide bonds. The number of hydrogen-bond donors (Lipinski definition) is 1. The Bertz CT molecular complexity index is 911. The first-order chi connectivity index (χ1) is 12.6. The van der Waals surface area contributed by atoms with E-state index in [-0.39, 0.29) is 11.5 Å². The fraction of sp³-hybridized carbons (Fsp3) is 0.588. The van der Waals surface area contributed by atoms with Crippen LogP contribution in [0.1, 0.15) is 29.1 Å². The Kier molecular flexibility index (Phi) is 5.47. The summed E-state index contributed by atoms with van der Waals surface area (Å²) in [5, 5.41) is 0.774. The van der Waals surface area contributed by atoms with Gasteiger partial charge in [-0.15, -0.1) is 23.1 Å². The minimum Gasteiger partial charge on any atom is -0.340 e. The summed E-state index contributed by atoms with van der Waals surface area (Å²) in [5.74, 6) is 2.73. The van der Waals surface area contributed by atoms with Crippen LogP contribution in [-0.4, -0.2) is 55.3 Å². The standard InChI is InChI=1S/C17H21N3O3S3/c21-14(20-5-7-26(23)8-6-20)10-24-9-13-18-16(22)15-11-3-1-2-4-12(11)25-17(15)19-13/h1-10H2,(H,18,19,22). The van der Waals surface area contributed by atoms with Crippen molar-refractivity contribution >= 4 is 50.0 Å². The summed E-state index contributed by atoms with van der Waals surface area (Å²) >= 11 is 3.11. The smallest absolute Gasteiger partial charge is 0.259 e. The van der Waals surface area contributed by atoms with Gasteiger partial charge in [-0.3, -0.25) is 13.8 Å². The predicted molar refractivity (Wildman–Crippen MR) is 108 cm³/mol. The number of carbonyl (C=O) groups is 1. The molecule has 140 valence electrons. The van der Waals surface area contributed by atoms with Crippen LogP contribution in [0.5, 0.6) is 0 Å². The molecule has 1 fully saturated rings. The molecule has 0 atom stereocenters. The molecule has 1 N–H and O–H groups in total. The van der Waals surface area contributed by atoms with E-state index in [1.165, 1.54) is 28.6 Å². The van der Waals surface area contributed by atoms with Crippen LogP contribution in [0.2, 0.25) is 0 Å². The van der Waals surface area contributed by atoms with Crippen molar-refractivity contribution < 1.29 is 9.00 Å². The van der Waals surface area contributed by atoms with Crippen molar-refractivity contribution in [2.45, 2.75) is 31.4 Å². The van der Waals surface area contributed by atoms with E-state index in [0.29, 0.717) is 41.9 Å². The quantitative estimate of drug-likeness (QED) is 0.828. The number of hydrogen-bond acceptors (Lipinski definition) is 6. The van der Waals surface area contributed by atoms with E-state index in [1.807, 2.05) is 0 Å². The summed E-state index contributed by atoms with van der Waals surface area (Å²) < 4.78 is 11.4. The van der Waals surface area contributed by atoms with Crippen LogP contribution in [0, 0.1) is 0 Å². The van der Waals surface area contributed by atoms with Crippen molar-refractivity contribution in [2.75, 3.05) is 30.3 Å². The first-order valence-corrected chi connectivity index (χ1v) is 12.3. The van der Waals surface area contributed by atoms with E-state index in [2.05, 4.69) is 9.97 Å². The molecule has 3 heterocycles. The van der Waals surface area contributed by atoms with Crippen LogP contribution in [-0.2, 0) is 34.2 Å². The van der Waals surface area contributed by atoms with Gasteiger partial charge in [0, 0.05) is 40.3 Å². The van der Waals surface area contributed by atoms with Gasteiger partial charge >= 0.3 is 0 Å². The molecule has 2 aliphatic rings. The zero-order valence-corrected chi connectivity index (χ0v) is 16.9. The molecule has 1 aliphatic heterocycles. The van der Waals surface area contributed by atoms with Crippen LogP contribution in [0.25, 0.3) is 10.2 Å². The molecule has 4 rings (SSSR count). The van der Waals surface area contributed by atoms with Crippen molar-refractivity contribution in [3.63, 3.8) is 0 Å². The summed E-state index contributed by atoms with van der Waals surface area (Å²) in [6, 6.07) is 0. The average molecular weight is 412 g/mol. The van der Waals surface area contributed by atoms with Gasteiger partial charge in [0.15, 0.2) is 0 Å². The minimum atomic E-state index is -0.776. The SMILES string of the molecule is O=C(CSCc1nc2sc3c(c2c(=O)[nH]1)CCCC3)N1CCS(=O)CC1. The lowest BCUT2D eigenvalue weighted by molar-refractivity contribution is -0.128. The number of aromatic nitrogens is 2. The number of nitrogens with one attached hydrogen (secondary N) is 1. The third-order valence-electron chi connectivity index (χ3n) is 4.87. The van der Waals surface area contributed by atoms with E-state index in [9.17, 15) is 13.8 Å². The largest absolute Gasteiger partial charge is 0.340 e. The topological polar surface area (TPSA) is 83.1 Å². The summed E-state index contributed by atoms with van der Waals surface area (Å²) in [5.41, 5.74) is 1.15. The fourth-order valence-electron chi connectivity index (χ4n) is 3.49. The van der Waals surface area contributed by atoms with Crippen molar-refractivity contribution in [3.8, 4) is 0 Å². The maximum atomic E-state index is 12.5. The number of H-pyrrole nitrogens is 1. The minimum absolute atomic E-state index is 0.0464. The maximum Gasteiger partial charge on any atom is 0.259 e. The number of amides is 1.